The highest BCUT2D eigenvalue weighted by Crippen LogP contribution is 2.18. The molecule has 1 N–H and O–H groups in total. The van der Waals surface area contributed by atoms with E-state index in [1.165, 1.54) is 11.1 Å². The number of rotatable bonds is 5. The Morgan fingerprint density at radius 3 is 2.55 bits per heavy atom. The molecule has 0 saturated carbocycles. The van der Waals surface area contributed by atoms with Crippen LogP contribution in [0.1, 0.15) is 23.4 Å². The van der Waals surface area contributed by atoms with Gasteiger partial charge in [0.25, 0.3) is 0 Å². The molecule has 0 unspecified atom stereocenters. The van der Waals surface area contributed by atoms with Crippen LogP contribution in [0.25, 0.3) is 11.1 Å². The van der Waals surface area contributed by atoms with Gasteiger partial charge in [0.05, 0.1) is 13.1 Å². The number of amides is 1. The molecule has 0 spiro atoms. The molecule has 3 aromatic rings. The van der Waals surface area contributed by atoms with Crippen molar-refractivity contribution in [2.24, 2.45) is 0 Å². The Morgan fingerprint density at radius 2 is 1.72 bits per heavy atom. The van der Waals surface area contributed by atoms with Crippen molar-refractivity contribution in [2.75, 3.05) is 38.0 Å². The molecule has 0 aliphatic carbocycles. The van der Waals surface area contributed by atoms with Crippen molar-refractivity contribution < 1.29 is 9.21 Å². The van der Waals surface area contributed by atoms with Gasteiger partial charge in [0.15, 0.2) is 5.58 Å². The molecule has 1 aliphatic rings. The molecule has 1 aromatic heterocycles. The van der Waals surface area contributed by atoms with Gasteiger partial charge >= 0.3 is 0 Å². The first kappa shape index (κ1) is 19.6. The lowest BCUT2D eigenvalue weighted by molar-refractivity contribution is -0.117. The topological polar surface area (TPSA) is 61.6 Å². The minimum absolute atomic E-state index is 0.0385. The maximum atomic E-state index is 12.4. The van der Waals surface area contributed by atoms with Gasteiger partial charge in [-0.2, -0.15) is 0 Å². The summed E-state index contributed by atoms with van der Waals surface area (Å²) in [5, 5.41) is 2.99. The maximum absolute atomic E-state index is 12.4. The molecule has 2 aromatic carbocycles. The van der Waals surface area contributed by atoms with Crippen molar-refractivity contribution in [1.29, 1.82) is 0 Å². The molecule has 1 amide bonds. The third-order valence-corrected chi connectivity index (χ3v) is 5.33. The number of aromatic nitrogens is 1. The molecule has 1 aliphatic heterocycles. The van der Waals surface area contributed by atoms with Crippen LogP contribution in [-0.2, 0) is 11.3 Å². The third-order valence-electron chi connectivity index (χ3n) is 5.33. The molecule has 4 rings (SSSR count). The number of nitrogens with zero attached hydrogens (tertiary/aromatic N) is 3. The van der Waals surface area contributed by atoms with E-state index in [1.54, 1.807) is 0 Å². The summed E-state index contributed by atoms with van der Waals surface area (Å²) < 4.78 is 5.93. The van der Waals surface area contributed by atoms with E-state index in [0.29, 0.717) is 13.1 Å². The largest absolute Gasteiger partial charge is 0.439 e. The quantitative estimate of drug-likeness (QED) is 0.719. The molecule has 6 heteroatoms. The lowest BCUT2D eigenvalue weighted by Crippen LogP contribution is -2.36. The number of aryl methyl sites for hydroxylation is 2. The van der Waals surface area contributed by atoms with Crippen LogP contribution in [0, 0.1) is 13.8 Å². The van der Waals surface area contributed by atoms with Crippen LogP contribution in [0.15, 0.2) is 46.9 Å². The molecular formula is C23H28N4O2. The summed E-state index contributed by atoms with van der Waals surface area (Å²) in [6.45, 7) is 8.88. The lowest BCUT2D eigenvalue weighted by atomic mass is 10.2. The minimum Gasteiger partial charge on any atom is -0.439 e. The number of oxazole rings is 1. The zero-order valence-corrected chi connectivity index (χ0v) is 17.1. The van der Waals surface area contributed by atoms with Gasteiger partial charge < -0.3 is 9.73 Å². The second-order valence-electron chi connectivity index (χ2n) is 7.90. The summed E-state index contributed by atoms with van der Waals surface area (Å²) in [7, 11) is 0. The summed E-state index contributed by atoms with van der Waals surface area (Å²) in [6.07, 6.45) is 1.02. The second-order valence-corrected chi connectivity index (χ2v) is 7.90. The smallest absolute Gasteiger partial charge is 0.238 e. The van der Waals surface area contributed by atoms with Crippen molar-refractivity contribution in [2.45, 2.75) is 26.8 Å². The van der Waals surface area contributed by atoms with Crippen molar-refractivity contribution in [3.8, 4) is 0 Å². The first-order valence-corrected chi connectivity index (χ1v) is 10.2. The summed E-state index contributed by atoms with van der Waals surface area (Å²) in [4.78, 5) is 21.6. The first-order valence-electron chi connectivity index (χ1n) is 10.2. The molecule has 6 nitrogen and oxygen atoms in total. The zero-order valence-electron chi connectivity index (χ0n) is 17.1. The normalized spacial score (nSPS) is 16.1. The Balaban J connectivity index is 1.29. The van der Waals surface area contributed by atoms with Crippen LogP contribution in [0.2, 0.25) is 0 Å². The van der Waals surface area contributed by atoms with E-state index >= 15 is 0 Å². The number of hydrogen-bond donors (Lipinski definition) is 1. The Bertz CT molecular complexity index is 980. The van der Waals surface area contributed by atoms with E-state index < -0.39 is 0 Å². The van der Waals surface area contributed by atoms with E-state index in [2.05, 4.69) is 33.1 Å². The van der Waals surface area contributed by atoms with Gasteiger partial charge in [0.2, 0.25) is 11.8 Å². The SMILES string of the molecule is Cc1ccc(NC(=O)CN2CCCN(Cc3nc4ccc(C)cc4o3)CC2)cc1. The Kier molecular flexibility index (Phi) is 5.92. The molecule has 0 radical (unpaired) electrons. The van der Waals surface area contributed by atoms with Crippen LogP contribution < -0.4 is 5.32 Å². The summed E-state index contributed by atoms with van der Waals surface area (Å²) >= 11 is 0. The average Bonchev–Trinajstić information content (AvgIpc) is 2.95. The highest BCUT2D eigenvalue weighted by Gasteiger charge is 2.19. The zero-order chi connectivity index (χ0) is 20.2. The number of benzene rings is 2. The Labute approximate surface area is 171 Å². The number of hydrogen-bond acceptors (Lipinski definition) is 5. The van der Waals surface area contributed by atoms with E-state index in [-0.39, 0.29) is 5.91 Å². The van der Waals surface area contributed by atoms with Gasteiger partial charge in [-0.15, -0.1) is 0 Å². The summed E-state index contributed by atoms with van der Waals surface area (Å²) in [5.41, 5.74) is 4.97. The molecule has 0 atom stereocenters. The van der Waals surface area contributed by atoms with Crippen LogP contribution in [0.5, 0.6) is 0 Å². The fourth-order valence-electron chi connectivity index (χ4n) is 3.72. The Morgan fingerprint density at radius 1 is 1.00 bits per heavy atom. The number of carbonyl (C=O) groups excluding carboxylic acids is 1. The number of anilines is 1. The van der Waals surface area contributed by atoms with Crippen LogP contribution in [-0.4, -0.2) is 53.4 Å². The van der Waals surface area contributed by atoms with Gasteiger partial charge in [-0.3, -0.25) is 14.6 Å². The Hall–Kier alpha value is -2.70. The first-order chi connectivity index (χ1) is 14.0. The standard InChI is InChI=1S/C23H28N4O2/c1-17-4-7-19(8-5-17)24-22(28)15-26-10-3-11-27(13-12-26)16-23-25-20-9-6-18(2)14-21(20)29-23/h4-9,14H,3,10-13,15-16H2,1-2H3,(H,24,28). The average molecular weight is 393 g/mol. The van der Waals surface area contributed by atoms with Gasteiger partial charge in [-0.25, -0.2) is 4.98 Å². The molecular weight excluding hydrogens is 364 g/mol. The summed E-state index contributed by atoms with van der Waals surface area (Å²) in [5.74, 6) is 0.799. The monoisotopic (exact) mass is 392 g/mol. The molecule has 29 heavy (non-hydrogen) atoms. The second kappa shape index (κ2) is 8.76. The van der Waals surface area contributed by atoms with Crippen LogP contribution in [0.4, 0.5) is 5.69 Å². The van der Waals surface area contributed by atoms with Crippen molar-refractivity contribution in [3.05, 3.63) is 59.5 Å². The van der Waals surface area contributed by atoms with E-state index in [1.807, 2.05) is 43.3 Å². The summed E-state index contributed by atoms with van der Waals surface area (Å²) in [6, 6.07) is 14.0. The molecule has 152 valence electrons. The fourth-order valence-corrected chi connectivity index (χ4v) is 3.72. The predicted molar refractivity (Wildman–Crippen MR) is 115 cm³/mol. The molecule has 1 saturated heterocycles. The van der Waals surface area contributed by atoms with Gasteiger partial charge in [-0.1, -0.05) is 23.8 Å². The predicted octanol–water partition coefficient (Wildman–Crippen LogP) is 3.59. The van der Waals surface area contributed by atoms with Crippen molar-refractivity contribution in [3.63, 3.8) is 0 Å². The van der Waals surface area contributed by atoms with Gasteiger partial charge in [0.1, 0.15) is 5.52 Å². The number of fused-ring (bicyclic) bond motifs is 1. The van der Waals surface area contributed by atoms with E-state index in [0.717, 1.165) is 55.3 Å². The van der Waals surface area contributed by atoms with E-state index in [4.69, 9.17) is 4.42 Å². The van der Waals surface area contributed by atoms with Gasteiger partial charge in [-0.05, 0) is 63.2 Å². The molecule has 1 fully saturated rings. The van der Waals surface area contributed by atoms with Crippen molar-refractivity contribution >= 4 is 22.7 Å². The van der Waals surface area contributed by atoms with Crippen LogP contribution >= 0.6 is 0 Å². The minimum atomic E-state index is 0.0385. The van der Waals surface area contributed by atoms with Crippen molar-refractivity contribution in [1.82, 2.24) is 14.8 Å². The molecule has 2 heterocycles. The van der Waals surface area contributed by atoms with E-state index in [9.17, 15) is 4.79 Å². The number of carbonyl (C=O) groups is 1. The number of nitrogens with one attached hydrogen (secondary N) is 1. The van der Waals surface area contributed by atoms with Crippen LogP contribution in [0.3, 0.4) is 0 Å². The fraction of sp³-hybridized carbons (Fsp3) is 0.391. The lowest BCUT2D eigenvalue weighted by Gasteiger charge is -2.20. The van der Waals surface area contributed by atoms with Gasteiger partial charge in [0, 0.05) is 18.8 Å². The highest BCUT2D eigenvalue weighted by atomic mass is 16.3. The maximum Gasteiger partial charge on any atom is 0.238 e. The molecule has 0 bridgehead atoms. The highest BCUT2D eigenvalue weighted by molar-refractivity contribution is 5.92. The third kappa shape index (κ3) is 5.22.